The highest BCUT2D eigenvalue weighted by molar-refractivity contribution is 5.84. The Bertz CT molecular complexity index is 203. The van der Waals surface area contributed by atoms with Gasteiger partial charge in [-0.05, 0) is 38.6 Å². The van der Waals surface area contributed by atoms with Crippen LogP contribution >= 0.6 is 0 Å². The highest BCUT2D eigenvalue weighted by atomic mass is 16.5. The van der Waals surface area contributed by atoms with Gasteiger partial charge in [-0.3, -0.25) is 4.79 Å². The minimum absolute atomic E-state index is 0.0297. The summed E-state index contributed by atoms with van der Waals surface area (Å²) in [6.07, 6.45) is 2.69. The smallest absolute Gasteiger partial charge is 0.251 e. The number of rotatable bonds is 8. The quantitative estimate of drug-likeness (QED) is 0.618. The van der Waals surface area contributed by atoms with Crippen LogP contribution < -0.4 is 11.1 Å². The first-order valence-electron chi connectivity index (χ1n) is 6.03. The van der Waals surface area contributed by atoms with Crippen molar-refractivity contribution in [1.82, 2.24) is 5.32 Å². The molecule has 0 spiro atoms. The normalized spacial score (nSPS) is 16.6. The van der Waals surface area contributed by atoms with Crippen molar-refractivity contribution >= 4 is 5.91 Å². The van der Waals surface area contributed by atoms with Crippen LogP contribution in [0.4, 0.5) is 0 Å². The van der Waals surface area contributed by atoms with Crippen LogP contribution in [0.3, 0.4) is 0 Å². The number of nitrogens with one attached hydrogen (secondary N) is 1. The van der Waals surface area contributed by atoms with Gasteiger partial charge in [-0.1, -0.05) is 13.8 Å². The van der Waals surface area contributed by atoms with E-state index in [-0.39, 0.29) is 5.91 Å². The molecule has 16 heavy (non-hydrogen) atoms. The predicted octanol–water partition coefficient (Wildman–Crippen LogP) is 1.29. The Morgan fingerprint density at radius 1 is 1.56 bits per heavy atom. The third-order valence-corrected chi connectivity index (χ3v) is 3.17. The van der Waals surface area contributed by atoms with E-state index < -0.39 is 5.60 Å². The van der Waals surface area contributed by atoms with Crippen molar-refractivity contribution < 1.29 is 9.53 Å². The van der Waals surface area contributed by atoms with Gasteiger partial charge in [0.05, 0.1) is 0 Å². The maximum Gasteiger partial charge on any atom is 0.251 e. The molecular formula is C12H26N2O2. The Balaban J connectivity index is 3.81. The highest BCUT2D eigenvalue weighted by Crippen LogP contribution is 2.13. The molecule has 0 aromatic rings. The molecule has 0 aromatic carbocycles. The number of carbonyl (C=O) groups excluding carboxylic acids is 1. The van der Waals surface area contributed by atoms with Crippen LogP contribution in [0.1, 0.15) is 40.0 Å². The van der Waals surface area contributed by atoms with Crippen molar-refractivity contribution in [1.29, 1.82) is 0 Å². The summed E-state index contributed by atoms with van der Waals surface area (Å²) in [5.74, 6) is 0.495. The molecule has 96 valence electrons. The van der Waals surface area contributed by atoms with E-state index in [4.69, 9.17) is 10.5 Å². The van der Waals surface area contributed by atoms with E-state index >= 15 is 0 Å². The first-order chi connectivity index (χ1) is 7.50. The number of ether oxygens (including phenoxy) is 1. The van der Waals surface area contributed by atoms with E-state index in [9.17, 15) is 4.79 Å². The van der Waals surface area contributed by atoms with E-state index in [1.165, 1.54) is 0 Å². The molecule has 0 aliphatic rings. The lowest BCUT2D eigenvalue weighted by Crippen LogP contribution is -2.45. The first-order valence-corrected chi connectivity index (χ1v) is 6.03. The molecule has 0 bridgehead atoms. The number of nitrogens with two attached hydrogens (primary N) is 1. The first kappa shape index (κ1) is 15.4. The molecule has 3 N–H and O–H groups in total. The van der Waals surface area contributed by atoms with E-state index in [2.05, 4.69) is 12.2 Å². The van der Waals surface area contributed by atoms with E-state index in [1.807, 2.05) is 13.8 Å². The summed E-state index contributed by atoms with van der Waals surface area (Å²) in [5.41, 5.74) is 4.82. The number of carbonyl (C=O) groups is 1. The zero-order valence-corrected chi connectivity index (χ0v) is 11.0. The molecule has 0 saturated heterocycles. The van der Waals surface area contributed by atoms with Gasteiger partial charge in [-0.2, -0.15) is 0 Å². The third kappa shape index (κ3) is 4.94. The van der Waals surface area contributed by atoms with Crippen molar-refractivity contribution in [2.24, 2.45) is 11.7 Å². The van der Waals surface area contributed by atoms with Crippen molar-refractivity contribution in [3.05, 3.63) is 0 Å². The molecule has 2 unspecified atom stereocenters. The second-order valence-corrected chi connectivity index (χ2v) is 4.53. The monoisotopic (exact) mass is 230 g/mol. The van der Waals surface area contributed by atoms with Crippen LogP contribution in [0.15, 0.2) is 0 Å². The van der Waals surface area contributed by atoms with E-state index in [0.717, 1.165) is 12.8 Å². The van der Waals surface area contributed by atoms with Gasteiger partial charge in [-0.25, -0.2) is 0 Å². The van der Waals surface area contributed by atoms with Crippen molar-refractivity contribution in [3.63, 3.8) is 0 Å². The lowest BCUT2D eigenvalue weighted by molar-refractivity contribution is -0.141. The molecule has 4 nitrogen and oxygen atoms in total. The average molecular weight is 230 g/mol. The van der Waals surface area contributed by atoms with Crippen LogP contribution in [0.2, 0.25) is 0 Å². The number of amides is 1. The largest absolute Gasteiger partial charge is 0.369 e. The average Bonchev–Trinajstić information content (AvgIpc) is 2.32. The van der Waals surface area contributed by atoms with Gasteiger partial charge in [-0.15, -0.1) is 0 Å². The fourth-order valence-electron chi connectivity index (χ4n) is 1.35. The Morgan fingerprint density at radius 3 is 2.62 bits per heavy atom. The molecule has 0 radical (unpaired) electrons. The van der Waals surface area contributed by atoms with Crippen LogP contribution in [-0.4, -0.2) is 31.7 Å². The van der Waals surface area contributed by atoms with Crippen LogP contribution in [-0.2, 0) is 9.53 Å². The Kier molecular flexibility index (Phi) is 7.34. The van der Waals surface area contributed by atoms with Gasteiger partial charge in [0.2, 0.25) is 0 Å². The highest BCUT2D eigenvalue weighted by Gasteiger charge is 2.30. The summed E-state index contributed by atoms with van der Waals surface area (Å²) < 4.78 is 5.22. The van der Waals surface area contributed by atoms with Gasteiger partial charge in [0.1, 0.15) is 5.60 Å². The lowest BCUT2D eigenvalue weighted by Gasteiger charge is -2.25. The lowest BCUT2D eigenvalue weighted by atomic mass is 10.0. The summed E-state index contributed by atoms with van der Waals surface area (Å²) in [6.45, 7) is 7.28. The maximum absolute atomic E-state index is 11.8. The fraction of sp³-hybridized carbons (Fsp3) is 0.917. The summed E-state index contributed by atoms with van der Waals surface area (Å²) in [6, 6.07) is 0. The Morgan fingerprint density at radius 2 is 2.19 bits per heavy atom. The Labute approximate surface area is 98.9 Å². The molecule has 0 saturated carbocycles. The molecule has 4 heteroatoms. The molecule has 0 heterocycles. The molecule has 0 fully saturated rings. The molecule has 0 aliphatic carbocycles. The number of hydrogen-bond donors (Lipinski definition) is 2. The molecule has 2 atom stereocenters. The molecule has 0 rings (SSSR count). The van der Waals surface area contributed by atoms with E-state index in [0.29, 0.717) is 25.4 Å². The van der Waals surface area contributed by atoms with Crippen LogP contribution in [0.25, 0.3) is 0 Å². The molecule has 0 aliphatic heterocycles. The predicted molar refractivity (Wildman–Crippen MR) is 66.2 cm³/mol. The van der Waals surface area contributed by atoms with Crippen LogP contribution in [0.5, 0.6) is 0 Å². The standard InChI is InChI=1S/C12H26N2O2/c1-5-12(3,16-4)11(15)14-8-6-7-10(2)9-13/h10H,5-9,13H2,1-4H3,(H,14,15). The molecule has 1 amide bonds. The summed E-state index contributed by atoms with van der Waals surface area (Å²) >= 11 is 0. The number of hydrogen-bond acceptors (Lipinski definition) is 3. The summed E-state index contributed by atoms with van der Waals surface area (Å²) in [5, 5.41) is 2.90. The van der Waals surface area contributed by atoms with Gasteiger partial charge in [0.25, 0.3) is 5.91 Å². The molecule has 0 aromatic heterocycles. The third-order valence-electron chi connectivity index (χ3n) is 3.17. The minimum Gasteiger partial charge on any atom is -0.369 e. The van der Waals surface area contributed by atoms with Gasteiger partial charge in [0, 0.05) is 13.7 Å². The maximum atomic E-state index is 11.8. The second-order valence-electron chi connectivity index (χ2n) is 4.53. The van der Waals surface area contributed by atoms with Crippen LogP contribution in [0, 0.1) is 5.92 Å². The Hall–Kier alpha value is -0.610. The van der Waals surface area contributed by atoms with Gasteiger partial charge in [0.15, 0.2) is 0 Å². The minimum atomic E-state index is -0.695. The van der Waals surface area contributed by atoms with Crippen molar-refractivity contribution in [3.8, 4) is 0 Å². The SMILES string of the molecule is CCC(C)(OC)C(=O)NCCCC(C)CN. The fourth-order valence-corrected chi connectivity index (χ4v) is 1.35. The zero-order chi connectivity index (χ0) is 12.6. The number of methoxy groups -OCH3 is 1. The molecular weight excluding hydrogens is 204 g/mol. The van der Waals surface area contributed by atoms with Crippen molar-refractivity contribution in [2.45, 2.75) is 45.6 Å². The second kappa shape index (κ2) is 7.63. The topological polar surface area (TPSA) is 64.3 Å². The summed E-state index contributed by atoms with van der Waals surface area (Å²) in [7, 11) is 1.57. The van der Waals surface area contributed by atoms with Gasteiger partial charge >= 0.3 is 0 Å². The zero-order valence-electron chi connectivity index (χ0n) is 11.0. The van der Waals surface area contributed by atoms with Gasteiger partial charge < -0.3 is 15.8 Å². The van der Waals surface area contributed by atoms with Crippen molar-refractivity contribution in [2.75, 3.05) is 20.2 Å². The van der Waals surface area contributed by atoms with E-state index in [1.54, 1.807) is 7.11 Å². The summed E-state index contributed by atoms with van der Waals surface area (Å²) in [4.78, 5) is 11.8.